The fourth-order valence-corrected chi connectivity index (χ4v) is 1.93. The van der Waals surface area contributed by atoms with Crippen molar-refractivity contribution in [3.63, 3.8) is 0 Å². The van der Waals surface area contributed by atoms with Gasteiger partial charge in [0.05, 0.1) is 5.56 Å². The van der Waals surface area contributed by atoms with Gasteiger partial charge in [-0.3, -0.25) is 0 Å². The summed E-state index contributed by atoms with van der Waals surface area (Å²) in [6.45, 7) is 5.19. The molecule has 0 bridgehead atoms. The lowest BCUT2D eigenvalue weighted by molar-refractivity contribution is 0.621. The predicted molar refractivity (Wildman–Crippen MR) is 70.3 cm³/mol. The second-order valence-corrected chi connectivity index (χ2v) is 4.62. The third-order valence-electron chi connectivity index (χ3n) is 2.14. The molecule has 2 nitrogen and oxygen atoms in total. The van der Waals surface area contributed by atoms with Crippen LogP contribution in [0.2, 0.25) is 0 Å². The van der Waals surface area contributed by atoms with Gasteiger partial charge >= 0.3 is 0 Å². The highest BCUT2D eigenvalue weighted by Crippen LogP contribution is 2.09. The number of nitrogens with one attached hydrogen (secondary N) is 1. The van der Waals surface area contributed by atoms with Crippen LogP contribution in [0.5, 0.6) is 0 Å². The molecule has 17 heavy (non-hydrogen) atoms. The van der Waals surface area contributed by atoms with Crippen LogP contribution in [0.25, 0.3) is 0 Å². The molecule has 0 fully saturated rings. The van der Waals surface area contributed by atoms with Gasteiger partial charge in [0, 0.05) is 24.6 Å². The Labute approximate surface area is 106 Å². The normalized spacial score (nSPS) is 9.88. The Kier molecular flexibility index (Phi) is 6.38. The summed E-state index contributed by atoms with van der Waals surface area (Å²) >= 11 is 1.81. The summed E-state index contributed by atoms with van der Waals surface area (Å²) in [6.07, 6.45) is 1.88. The van der Waals surface area contributed by atoms with Crippen LogP contribution in [0.4, 0.5) is 4.39 Å². The van der Waals surface area contributed by atoms with Crippen molar-refractivity contribution < 1.29 is 4.39 Å². The molecular formula is C13H15FN2S. The van der Waals surface area contributed by atoms with Crippen molar-refractivity contribution in [3.05, 3.63) is 47.8 Å². The van der Waals surface area contributed by atoms with E-state index < -0.39 is 5.82 Å². The molecule has 0 aliphatic rings. The van der Waals surface area contributed by atoms with Crippen LogP contribution < -0.4 is 5.32 Å². The summed E-state index contributed by atoms with van der Waals surface area (Å²) in [5.74, 6) is 1.51. The molecule has 0 spiro atoms. The van der Waals surface area contributed by atoms with E-state index in [0.29, 0.717) is 6.54 Å². The van der Waals surface area contributed by atoms with E-state index in [1.807, 2.05) is 12.1 Å². The molecule has 0 aliphatic heterocycles. The fraction of sp³-hybridized carbons (Fsp3) is 0.308. The molecule has 4 heteroatoms. The molecule has 0 amide bonds. The summed E-state index contributed by atoms with van der Waals surface area (Å²) in [5, 5.41) is 11.9. The van der Waals surface area contributed by atoms with Gasteiger partial charge in [0.15, 0.2) is 0 Å². The number of thioether (sulfide) groups is 1. The van der Waals surface area contributed by atoms with Gasteiger partial charge in [-0.15, -0.1) is 6.58 Å². The van der Waals surface area contributed by atoms with Crippen LogP contribution >= 0.6 is 11.8 Å². The van der Waals surface area contributed by atoms with Gasteiger partial charge in [0.1, 0.15) is 11.9 Å². The Morgan fingerprint density at radius 1 is 1.53 bits per heavy atom. The quantitative estimate of drug-likeness (QED) is 0.597. The van der Waals surface area contributed by atoms with Crippen LogP contribution in [-0.4, -0.2) is 18.1 Å². The van der Waals surface area contributed by atoms with Gasteiger partial charge in [0.2, 0.25) is 0 Å². The molecule has 0 radical (unpaired) electrons. The minimum absolute atomic E-state index is 0.102. The van der Waals surface area contributed by atoms with Gasteiger partial charge < -0.3 is 5.32 Å². The lowest BCUT2D eigenvalue weighted by Gasteiger charge is -2.05. The first-order valence-corrected chi connectivity index (χ1v) is 6.51. The zero-order valence-electron chi connectivity index (χ0n) is 9.58. The molecule has 0 aliphatic carbocycles. The summed E-state index contributed by atoms with van der Waals surface area (Å²) < 4.78 is 13.0. The monoisotopic (exact) mass is 250 g/mol. The van der Waals surface area contributed by atoms with E-state index in [-0.39, 0.29) is 5.56 Å². The van der Waals surface area contributed by atoms with E-state index in [2.05, 4.69) is 11.9 Å². The summed E-state index contributed by atoms with van der Waals surface area (Å²) in [6, 6.07) is 6.45. The van der Waals surface area contributed by atoms with E-state index in [0.717, 1.165) is 23.6 Å². The van der Waals surface area contributed by atoms with Crippen molar-refractivity contribution in [2.24, 2.45) is 0 Å². The van der Waals surface area contributed by atoms with Crippen LogP contribution in [0.1, 0.15) is 11.1 Å². The molecule has 1 N–H and O–H groups in total. The largest absolute Gasteiger partial charge is 0.312 e. The van der Waals surface area contributed by atoms with Crippen LogP contribution in [-0.2, 0) is 6.54 Å². The first kappa shape index (κ1) is 13.8. The van der Waals surface area contributed by atoms with Crippen LogP contribution in [0, 0.1) is 17.1 Å². The maximum absolute atomic E-state index is 13.0. The van der Waals surface area contributed by atoms with Gasteiger partial charge in [-0.25, -0.2) is 4.39 Å². The van der Waals surface area contributed by atoms with Gasteiger partial charge in [-0.2, -0.15) is 17.0 Å². The molecule has 0 unspecified atom stereocenters. The van der Waals surface area contributed by atoms with Crippen molar-refractivity contribution in [1.82, 2.24) is 5.32 Å². The summed E-state index contributed by atoms with van der Waals surface area (Å²) in [4.78, 5) is 0. The van der Waals surface area contributed by atoms with E-state index in [4.69, 9.17) is 5.26 Å². The molecule has 0 saturated heterocycles. The van der Waals surface area contributed by atoms with Crippen LogP contribution in [0.15, 0.2) is 30.9 Å². The number of hydrogen-bond acceptors (Lipinski definition) is 3. The topological polar surface area (TPSA) is 35.8 Å². The standard InChI is InChI=1S/C13H15FN2S/c1-2-6-17-7-5-16-10-11-3-4-13(14)12(8-11)9-15/h2-4,8,16H,1,5-7,10H2. The number of halogens is 1. The summed E-state index contributed by atoms with van der Waals surface area (Å²) in [5.41, 5.74) is 1.03. The Hall–Kier alpha value is -1.31. The number of nitriles is 1. The Morgan fingerprint density at radius 2 is 2.35 bits per heavy atom. The zero-order chi connectivity index (χ0) is 12.5. The minimum Gasteiger partial charge on any atom is -0.312 e. The van der Waals surface area contributed by atoms with E-state index >= 15 is 0 Å². The highest BCUT2D eigenvalue weighted by molar-refractivity contribution is 7.99. The molecule has 0 atom stereocenters. The maximum atomic E-state index is 13.0. The van der Waals surface area contributed by atoms with Crippen LogP contribution in [0.3, 0.4) is 0 Å². The second kappa shape index (κ2) is 7.88. The van der Waals surface area contributed by atoms with Gasteiger partial charge in [-0.1, -0.05) is 12.1 Å². The maximum Gasteiger partial charge on any atom is 0.140 e. The highest BCUT2D eigenvalue weighted by atomic mass is 32.2. The van der Waals surface area contributed by atoms with Crippen molar-refractivity contribution >= 4 is 11.8 Å². The lowest BCUT2D eigenvalue weighted by atomic mass is 10.1. The molecule has 1 aromatic rings. The van der Waals surface area contributed by atoms with Crippen molar-refractivity contribution in [3.8, 4) is 6.07 Å². The molecule has 0 aromatic heterocycles. The first-order chi connectivity index (χ1) is 8.27. The zero-order valence-corrected chi connectivity index (χ0v) is 10.4. The Bertz CT molecular complexity index is 412. The number of hydrogen-bond donors (Lipinski definition) is 1. The summed E-state index contributed by atoms with van der Waals surface area (Å²) in [7, 11) is 0. The smallest absolute Gasteiger partial charge is 0.140 e. The Balaban J connectivity index is 2.32. The SMILES string of the molecule is C=CCSCCNCc1ccc(F)c(C#N)c1. The van der Waals surface area contributed by atoms with E-state index in [1.54, 1.807) is 23.9 Å². The third-order valence-corrected chi connectivity index (χ3v) is 3.10. The first-order valence-electron chi connectivity index (χ1n) is 5.36. The molecular weight excluding hydrogens is 235 g/mol. The highest BCUT2D eigenvalue weighted by Gasteiger charge is 2.01. The third kappa shape index (κ3) is 5.03. The van der Waals surface area contributed by atoms with Crippen molar-refractivity contribution in [2.45, 2.75) is 6.54 Å². The predicted octanol–water partition coefficient (Wildman–Crippen LogP) is 2.71. The Morgan fingerprint density at radius 3 is 3.06 bits per heavy atom. The number of rotatable bonds is 7. The second-order valence-electron chi connectivity index (χ2n) is 3.47. The minimum atomic E-state index is -0.460. The molecule has 0 heterocycles. The molecule has 90 valence electrons. The van der Waals surface area contributed by atoms with Crippen molar-refractivity contribution in [1.29, 1.82) is 5.26 Å². The average molecular weight is 250 g/mol. The van der Waals surface area contributed by atoms with Gasteiger partial charge in [0.25, 0.3) is 0 Å². The number of nitrogens with zero attached hydrogens (tertiary/aromatic N) is 1. The van der Waals surface area contributed by atoms with E-state index in [1.165, 1.54) is 6.07 Å². The van der Waals surface area contributed by atoms with Crippen molar-refractivity contribution in [2.75, 3.05) is 18.1 Å². The molecule has 0 saturated carbocycles. The van der Waals surface area contributed by atoms with Gasteiger partial charge in [-0.05, 0) is 17.7 Å². The lowest BCUT2D eigenvalue weighted by Crippen LogP contribution is -2.16. The molecule has 1 aromatic carbocycles. The van der Waals surface area contributed by atoms with E-state index in [9.17, 15) is 4.39 Å². The molecule has 1 rings (SSSR count). The fourth-order valence-electron chi connectivity index (χ4n) is 1.31. The number of benzene rings is 1. The average Bonchev–Trinajstić information content (AvgIpc) is 2.35.